The van der Waals surface area contributed by atoms with Crippen molar-refractivity contribution < 1.29 is 14.3 Å². The zero-order valence-electron chi connectivity index (χ0n) is 14.1. The number of ether oxygens (including phenoxy) is 1. The van der Waals surface area contributed by atoms with E-state index in [2.05, 4.69) is 10.6 Å². The van der Waals surface area contributed by atoms with E-state index in [1.807, 2.05) is 54.6 Å². The maximum absolute atomic E-state index is 12.5. The molecule has 1 aliphatic rings. The van der Waals surface area contributed by atoms with Gasteiger partial charge in [0, 0.05) is 18.8 Å². The summed E-state index contributed by atoms with van der Waals surface area (Å²) in [5, 5.41) is 5.53. The summed E-state index contributed by atoms with van der Waals surface area (Å²) < 4.78 is 5.10. The molecule has 25 heavy (non-hydrogen) atoms. The van der Waals surface area contributed by atoms with E-state index in [1.54, 1.807) is 12.0 Å². The van der Waals surface area contributed by atoms with Gasteiger partial charge in [0.2, 0.25) is 5.91 Å². The molecule has 1 saturated heterocycles. The second-order valence-corrected chi connectivity index (χ2v) is 5.84. The van der Waals surface area contributed by atoms with Crippen LogP contribution >= 0.6 is 0 Å². The van der Waals surface area contributed by atoms with Crippen LogP contribution in [0.2, 0.25) is 0 Å². The van der Waals surface area contributed by atoms with Crippen LogP contribution in [0.3, 0.4) is 0 Å². The highest BCUT2D eigenvalue weighted by Crippen LogP contribution is 2.21. The number of hydrogen-bond acceptors (Lipinski definition) is 3. The fraction of sp³-hybridized carbons (Fsp3) is 0.263. The van der Waals surface area contributed by atoms with Crippen molar-refractivity contribution >= 4 is 17.6 Å². The molecule has 0 spiro atoms. The average Bonchev–Trinajstić information content (AvgIpc) is 3.01. The van der Waals surface area contributed by atoms with E-state index in [4.69, 9.17) is 4.74 Å². The number of benzene rings is 2. The molecule has 3 amide bonds. The van der Waals surface area contributed by atoms with Crippen LogP contribution in [0.25, 0.3) is 0 Å². The monoisotopic (exact) mass is 339 g/mol. The molecule has 2 aromatic rings. The lowest BCUT2D eigenvalue weighted by Gasteiger charge is -2.17. The molecule has 2 aromatic carbocycles. The average molecular weight is 339 g/mol. The number of hydrogen-bond donors (Lipinski definition) is 2. The van der Waals surface area contributed by atoms with Gasteiger partial charge in [0.25, 0.3) is 0 Å². The Morgan fingerprint density at radius 1 is 1.16 bits per heavy atom. The predicted molar refractivity (Wildman–Crippen MR) is 95.6 cm³/mol. The molecule has 0 aliphatic carbocycles. The molecule has 6 nitrogen and oxygen atoms in total. The minimum absolute atomic E-state index is 0.0780. The van der Waals surface area contributed by atoms with Gasteiger partial charge in [0.15, 0.2) is 0 Å². The predicted octanol–water partition coefficient (Wildman–Crippen LogP) is 2.30. The summed E-state index contributed by atoms with van der Waals surface area (Å²) in [4.78, 5) is 26.2. The highest BCUT2D eigenvalue weighted by molar-refractivity contribution is 6.01. The van der Waals surface area contributed by atoms with Crippen LogP contribution in [0, 0.1) is 0 Å². The first-order valence-electron chi connectivity index (χ1n) is 8.21. The van der Waals surface area contributed by atoms with E-state index in [9.17, 15) is 9.59 Å². The molecule has 1 heterocycles. The van der Waals surface area contributed by atoms with Gasteiger partial charge in [0.1, 0.15) is 11.8 Å². The van der Waals surface area contributed by atoms with Crippen LogP contribution in [0.4, 0.5) is 10.5 Å². The van der Waals surface area contributed by atoms with Crippen molar-refractivity contribution in [3.05, 3.63) is 60.2 Å². The molecule has 0 radical (unpaired) electrons. The van der Waals surface area contributed by atoms with Crippen molar-refractivity contribution in [2.24, 2.45) is 0 Å². The first-order chi connectivity index (χ1) is 12.2. The van der Waals surface area contributed by atoms with Crippen molar-refractivity contribution in [1.82, 2.24) is 10.6 Å². The van der Waals surface area contributed by atoms with Gasteiger partial charge in [-0.15, -0.1) is 0 Å². The summed E-state index contributed by atoms with van der Waals surface area (Å²) in [6.45, 7) is 0.991. The molecular weight excluding hydrogens is 318 g/mol. The number of amides is 3. The van der Waals surface area contributed by atoms with Crippen molar-refractivity contribution in [3.63, 3.8) is 0 Å². The van der Waals surface area contributed by atoms with Gasteiger partial charge in [0.05, 0.1) is 7.11 Å². The van der Waals surface area contributed by atoms with Crippen molar-refractivity contribution in [1.29, 1.82) is 0 Å². The minimum Gasteiger partial charge on any atom is -0.497 e. The zero-order valence-corrected chi connectivity index (χ0v) is 14.1. The van der Waals surface area contributed by atoms with E-state index in [0.717, 1.165) is 17.0 Å². The Balaban J connectivity index is 1.50. The number of carbonyl (C=O) groups excluding carboxylic acids is 2. The number of nitrogens with zero attached hydrogens (tertiary/aromatic N) is 1. The summed E-state index contributed by atoms with van der Waals surface area (Å²) in [5.74, 6) is 0.691. The second-order valence-electron chi connectivity index (χ2n) is 5.84. The Morgan fingerprint density at radius 2 is 1.88 bits per heavy atom. The van der Waals surface area contributed by atoms with Gasteiger partial charge in [-0.1, -0.05) is 30.3 Å². The highest BCUT2D eigenvalue weighted by atomic mass is 16.5. The largest absolute Gasteiger partial charge is 0.497 e. The normalized spacial score (nSPS) is 16.6. The first kappa shape index (κ1) is 16.8. The van der Waals surface area contributed by atoms with Gasteiger partial charge in [-0.05, 0) is 36.2 Å². The Bertz CT molecular complexity index is 731. The zero-order chi connectivity index (χ0) is 17.6. The Kier molecular flexibility index (Phi) is 5.18. The molecule has 6 heteroatoms. The molecule has 0 saturated carbocycles. The first-order valence-corrected chi connectivity index (χ1v) is 8.21. The third kappa shape index (κ3) is 4.09. The quantitative estimate of drug-likeness (QED) is 0.878. The number of anilines is 1. The van der Waals surface area contributed by atoms with Crippen LogP contribution in [-0.2, 0) is 11.3 Å². The molecular formula is C19H21N3O3. The van der Waals surface area contributed by atoms with Gasteiger partial charge in [-0.25, -0.2) is 4.79 Å². The molecule has 1 atom stereocenters. The molecule has 2 N–H and O–H groups in total. The summed E-state index contributed by atoms with van der Waals surface area (Å²) in [5.41, 5.74) is 1.81. The Hall–Kier alpha value is -3.02. The number of urea groups is 1. The SMILES string of the molecule is COc1ccc(CNC(=O)N[C@@H]2CCN(c3ccccc3)C2=O)cc1. The van der Waals surface area contributed by atoms with Gasteiger partial charge >= 0.3 is 6.03 Å². The van der Waals surface area contributed by atoms with Gasteiger partial charge in [-0.3, -0.25) is 4.79 Å². The molecule has 0 aromatic heterocycles. The minimum atomic E-state index is -0.490. The summed E-state index contributed by atoms with van der Waals surface area (Å²) in [7, 11) is 1.61. The van der Waals surface area contributed by atoms with Gasteiger partial charge < -0.3 is 20.3 Å². The molecule has 3 rings (SSSR count). The van der Waals surface area contributed by atoms with E-state index < -0.39 is 6.04 Å². The summed E-state index contributed by atoms with van der Waals surface area (Å²) >= 11 is 0. The highest BCUT2D eigenvalue weighted by Gasteiger charge is 2.33. The van der Waals surface area contributed by atoms with Crippen LogP contribution in [0.1, 0.15) is 12.0 Å². The van der Waals surface area contributed by atoms with Crippen molar-refractivity contribution in [2.45, 2.75) is 19.0 Å². The Morgan fingerprint density at radius 3 is 2.56 bits per heavy atom. The third-order valence-corrected chi connectivity index (χ3v) is 4.19. The fourth-order valence-corrected chi connectivity index (χ4v) is 2.81. The second kappa shape index (κ2) is 7.70. The molecule has 1 aliphatic heterocycles. The van der Waals surface area contributed by atoms with Crippen LogP contribution in [0.5, 0.6) is 5.75 Å². The van der Waals surface area contributed by atoms with E-state index in [1.165, 1.54) is 0 Å². The molecule has 0 unspecified atom stereocenters. The number of carbonyl (C=O) groups is 2. The number of nitrogens with one attached hydrogen (secondary N) is 2. The van der Waals surface area contributed by atoms with E-state index in [0.29, 0.717) is 19.5 Å². The number of methoxy groups -OCH3 is 1. The van der Waals surface area contributed by atoms with Crippen molar-refractivity contribution in [3.8, 4) is 5.75 Å². The maximum Gasteiger partial charge on any atom is 0.315 e. The molecule has 1 fully saturated rings. The number of para-hydroxylation sites is 1. The Labute approximate surface area is 146 Å². The maximum atomic E-state index is 12.5. The lowest BCUT2D eigenvalue weighted by atomic mass is 10.2. The lowest BCUT2D eigenvalue weighted by Crippen LogP contribution is -2.45. The smallest absolute Gasteiger partial charge is 0.315 e. The molecule has 0 bridgehead atoms. The third-order valence-electron chi connectivity index (χ3n) is 4.19. The fourth-order valence-electron chi connectivity index (χ4n) is 2.81. The van der Waals surface area contributed by atoms with Gasteiger partial charge in [-0.2, -0.15) is 0 Å². The van der Waals surface area contributed by atoms with Crippen LogP contribution < -0.4 is 20.3 Å². The van der Waals surface area contributed by atoms with E-state index >= 15 is 0 Å². The topological polar surface area (TPSA) is 70.7 Å². The summed E-state index contributed by atoms with van der Waals surface area (Å²) in [6.07, 6.45) is 0.601. The summed E-state index contributed by atoms with van der Waals surface area (Å²) in [6, 6.07) is 16.1. The standard InChI is InChI=1S/C19H21N3O3/c1-25-16-9-7-14(8-10-16)13-20-19(24)21-17-11-12-22(18(17)23)15-5-3-2-4-6-15/h2-10,17H,11-13H2,1H3,(H2,20,21,24)/t17-/m1/s1. The van der Waals surface area contributed by atoms with Crippen LogP contribution in [0.15, 0.2) is 54.6 Å². The van der Waals surface area contributed by atoms with Crippen molar-refractivity contribution in [2.75, 3.05) is 18.6 Å². The van der Waals surface area contributed by atoms with Crippen LogP contribution in [-0.4, -0.2) is 31.6 Å². The van der Waals surface area contributed by atoms with E-state index in [-0.39, 0.29) is 11.9 Å². The molecule has 130 valence electrons. The lowest BCUT2D eigenvalue weighted by molar-refractivity contribution is -0.118. The number of rotatable bonds is 5.